The molecule has 266 valence electrons. The first-order chi connectivity index (χ1) is 25.6. The minimum absolute atomic E-state index is 0.267. The van der Waals surface area contributed by atoms with E-state index < -0.39 is 30.2 Å². The molecular weight excluding hydrogens is 783 g/mol. The number of fused-ring (bicyclic) bond motifs is 3. The van der Waals surface area contributed by atoms with Crippen LogP contribution in [-0.4, -0.2) is 31.0 Å². The van der Waals surface area contributed by atoms with E-state index in [1.165, 1.54) is 18.5 Å². The molecule has 0 saturated carbocycles. The Bertz CT molecular complexity index is 2060. The highest BCUT2D eigenvalue weighted by atomic mass is 127. The third-order valence-electron chi connectivity index (χ3n) is 9.76. The molecule has 1 spiro atoms. The van der Waals surface area contributed by atoms with Crippen LogP contribution < -0.4 is 0 Å². The zero-order chi connectivity index (χ0) is 35.3. The topological polar surface area (TPSA) is 55.4 Å². The van der Waals surface area contributed by atoms with Gasteiger partial charge in [0.15, 0.2) is 0 Å². The summed E-state index contributed by atoms with van der Waals surface area (Å²) in [6.45, 7) is 4.35. The smallest absolute Gasteiger partial charge is 0.226 e. The number of halogens is 1. The van der Waals surface area contributed by atoms with Gasteiger partial charge >= 0.3 is 0 Å². The predicted molar refractivity (Wildman–Crippen MR) is 212 cm³/mol. The van der Waals surface area contributed by atoms with E-state index in [1.807, 2.05) is 84.1 Å². The number of ether oxygens (including phenoxy) is 6. The Morgan fingerprint density at radius 2 is 1.19 bits per heavy atom. The molecule has 2 aliphatic rings. The van der Waals surface area contributed by atoms with Crippen LogP contribution in [0.5, 0.6) is 0 Å². The molecule has 6 nitrogen and oxygen atoms in total. The predicted octanol–water partition coefficient (Wildman–Crippen LogP) is 9.87. The monoisotopic (exact) mass is 824 g/mol. The van der Waals surface area contributed by atoms with Gasteiger partial charge in [-0.1, -0.05) is 121 Å². The number of benzene rings is 5. The number of rotatable bonds is 13. The van der Waals surface area contributed by atoms with Crippen molar-refractivity contribution < 1.29 is 28.4 Å². The molecule has 2 aliphatic heterocycles. The number of hydrogen-bond acceptors (Lipinski definition) is 7. The summed E-state index contributed by atoms with van der Waals surface area (Å²) in [5, 5.41) is 1.19. The molecule has 6 aromatic rings. The van der Waals surface area contributed by atoms with Crippen LogP contribution in [0.1, 0.15) is 38.3 Å². The lowest BCUT2D eigenvalue weighted by Gasteiger charge is -2.51. The van der Waals surface area contributed by atoms with Gasteiger partial charge in [-0.25, -0.2) is 0 Å². The van der Waals surface area contributed by atoms with Gasteiger partial charge in [-0.2, -0.15) is 0 Å². The molecule has 52 heavy (non-hydrogen) atoms. The summed E-state index contributed by atoms with van der Waals surface area (Å²) >= 11 is 4.27. The normalized spacial score (nSPS) is 22.6. The van der Waals surface area contributed by atoms with Crippen LogP contribution in [0, 0.1) is 10.5 Å². The van der Waals surface area contributed by atoms with Crippen molar-refractivity contribution >= 4 is 44.0 Å². The molecule has 5 aromatic carbocycles. The molecule has 0 amide bonds. The quantitative estimate of drug-likeness (QED) is 0.108. The van der Waals surface area contributed by atoms with Crippen LogP contribution in [0.2, 0.25) is 0 Å². The second kappa shape index (κ2) is 16.3. The van der Waals surface area contributed by atoms with Gasteiger partial charge in [0.1, 0.15) is 24.4 Å². The second-order valence-corrected chi connectivity index (χ2v) is 15.7. The summed E-state index contributed by atoms with van der Waals surface area (Å²) < 4.78 is 44.1. The Morgan fingerprint density at radius 1 is 0.673 bits per heavy atom. The van der Waals surface area contributed by atoms with E-state index in [4.69, 9.17) is 28.4 Å². The average Bonchev–Trinajstić information content (AvgIpc) is 3.68. The van der Waals surface area contributed by atoms with Crippen molar-refractivity contribution in [2.24, 2.45) is 0 Å². The molecule has 0 bridgehead atoms. The van der Waals surface area contributed by atoms with E-state index in [1.54, 1.807) is 0 Å². The lowest BCUT2D eigenvalue weighted by molar-refractivity contribution is -0.387. The molecule has 0 radical (unpaired) electrons. The molecular formula is C44H41IO6S. The van der Waals surface area contributed by atoms with Crippen molar-refractivity contribution in [2.45, 2.75) is 70.2 Å². The van der Waals surface area contributed by atoms with Crippen LogP contribution in [-0.2, 0) is 67.2 Å². The lowest BCUT2D eigenvalue weighted by atomic mass is 9.86. The van der Waals surface area contributed by atoms with Gasteiger partial charge in [0.25, 0.3) is 0 Å². The van der Waals surface area contributed by atoms with E-state index >= 15 is 0 Å². The molecule has 1 saturated heterocycles. The number of aryl methyl sites for hydroxylation is 1. The Balaban J connectivity index is 1.22. The Hall–Kier alpha value is -3.45. The zero-order valence-electron chi connectivity index (χ0n) is 29.0. The fourth-order valence-corrected chi connectivity index (χ4v) is 9.12. The third-order valence-corrected chi connectivity index (χ3v) is 12.6. The summed E-state index contributed by atoms with van der Waals surface area (Å²) in [5.41, 5.74) is 6.31. The highest BCUT2D eigenvalue weighted by Gasteiger charge is 2.61. The van der Waals surface area contributed by atoms with Crippen LogP contribution in [0.3, 0.4) is 0 Å². The fourth-order valence-electron chi connectivity index (χ4n) is 7.15. The fraction of sp³-hybridized carbons (Fsp3) is 0.273. The maximum atomic E-state index is 7.30. The second-order valence-electron chi connectivity index (χ2n) is 13.3. The Labute approximate surface area is 322 Å². The van der Waals surface area contributed by atoms with Gasteiger partial charge in [-0.05, 0) is 69.5 Å². The molecule has 8 rings (SSSR count). The van der Waals surface area contributed by atoms with Gasteiger partial charge in [0.05, 0.1) is 39.6 Å². The van der Waals surface area contributed by atoms with Crippen molar-refractivity contribution in [3.8, 4) is 0 Å². The van der Waals surface area contributed by atoms with Crippen LogP contribution in [0.25, 0.3) is 10.1 Å². The van der Waals surface area contributed by atoms with Gasteiger partial charge in [0, 0.05) is 24.1 Å². The first-order valence-corrected chi connectivity index (χ1v) is 19.6. The Morgan fingerprint density at radius 3 is 1.77 bits per heavy atom. The Kier molecular flexibility index (Phi) is 11.1. The van der Waals surface area contributed by atoms with E-state index in [0.29, 0.717) is 33.0 Å². The third kappa shape index (κ3) is 7.62. The summed E-state index contributed by atoms with van der Waals surface area (Å²) in [6, 6.07) is 45.4. The van der Waals surface area contributed by atoms with Crippen molar-refractivity contribution in [3.63, 3.8) is 0 Å². The van der Waals surface area contributed by atoms with Crippen LogP contribution in [0.4, 0.5) is 0 Å². The largest absolute Gasteiger partial charge is 0.374 e. The van der Waals surface area contributed by atoms with Gasteiger partial charge in [0.2, 0.25) is 5.79 Å². The summed E-state index contributed by atoms with van der Waals surface area (Å²) in [5.74, 6) is -1.27. The van der Waals surface area contributed by atoms with Gasteiger partial charge in [-0.15, -0.1) is 11.3 Å². The van der Waals surface area contributed by atoms with E-state index in [2.05, 4.69) is 90.2 Å². The highest BCUT2D eigenvalue weighted by molar-refractivity contribution is 14.1. The molecule has 1 aromatic heterocycles. The average molecular weight is 825 g/mol. The van der Waals surface area contributed by atoms with Crippen molar-refractivity contribution in [1.29, 1.82) is 0 Å². The maximum absolute atomic E-state index is 7.30. The molecule has 3 heterocycles. The molecule has 0 aliphatic carbocycles. The summed E-state index contributed by atoms with van der Waals surface area (Å²) in [6.07, 6.45) is -2.36. The van der Waals surface area contributed by atoms with Gasteiger partial charge in [-0.3, -0.25) is 0 Å². The minimum Gasteiger partial charge on any atom is -0.374 e. The van der Waals surface area contributed by atoms with E-state index in [0.717, 1.165) is 33.4 Å². The molecule has 5 atom stereocenters. The van der Waals surface area contributed by atoms with Crippen LogP contribution >= 0.6 is 33.9 Å². The summed E-state index contributed by atoms with van der Waals surface area (Å²) in [7, 11) is 0. The first-order valence-electron chi connectivity index (χ1n) is 17.7. The van der Waals surface area contributed by atoms with Gasteiger partial charge < -0.3 is 28.4 Å². The standard InChI is InChI=1S/C44H41IO6S/c1-30-40(45)36-23-37-35(22-39(36)52-30)28-50-44(37)43(49-27-34-20-12-5-13-21-34)42(48-26-33-18-10-4-11-19-33)41(47-25-32-16-8-3-9-17-32)38(51-44)29-46-24-31-14-6-2-7-15-31/h2-23,38,41-43H,24-29H2,1H3/t38-,41-,42+,43-,44+/m1/s1. The van der Waals surface area contributed by atoms with E-state index in [9.17, 15) is 0 Å². The van der Waals surface area contributed by atoms with Crippen molar-refractivity contribution in [1.82, 2.24) is 0 Å². The van der Waals surface area contributed by atoms with Crippen molar-refractivity contribution in [3.05, 3.63) is 175 Å². The minimum atomic E-state index is -1.27. The van der Waals surface area contributed by atoms with E-state index in [-0.39, 0.29) is 6.61 Å². The highest BCUT2D eigenvalue weighted by Crippen LogP contribution is 2.51. The first kappa shape index (κ1) is 35.6. The maximum Gasteiger partial charge on any atom is 0.226 e. The molecule has 0 N–H and O–H groups in total. The SMILES string of the molecule is Cc1sc2cc3c(cc2c1I)[C@]1(OC3)O[C@H](COCc2ccccc2)[C@@H](OCc2ccccc2)[C@H](OCc2ccccc2)[C@H]1OCc1ccccc1. The lowest BCUT2D eigenvalue weighted by Crippen LogP contribution is -2.65. The summed E-state index contributed by atoms with van der Waals surface area (Å²) in [4.78, 5) is 1.29. The molecule has 1 fully saturated rings. The molecule has 0 unspecified atom stereocenters. The zero-order valence-corrected chi connectivity index (χ0v) is 32.0. The van der Waals surface area contributed by atoms with Crippen molar-refractivity contribution in [2.75, 3.05) is 6.61 Å². The number of thiophene rings is 1. The number of hydrogen-bond donors (Lipinski definition) is 0. The van der Waals surface area contributed by atoms with Crippen LogP contribution in [0.15, 0.2) is 133 Å². The molecule has 8 heteroatoms.